The molecule has 0 heterocycles. The lowest BCUT2D eigenvalue weighted by molar-refractivity contribution is -0.136. The molecule has 0 atom stereocenters. The maximum absolute atomic E-state index is 12.8. The zero-order valence-electron chi connectivity index (χ0n) is 18.6. The van der Waals surface area contributed by atoms with Crippen molar-refractivity contribution < 1.29 is 19.1 Å². The summed E-state index contributed by atoms with van der Waals surface area (Å²) in [6, 6.07) is 19.5. The number of carbonyl (C=O) groups is 3. The van der Waals surface area contributed by atoms with Crippen LogP contribution in [0.15, 0.2) is 77.9 Å². The van der Waals surface area contributed by atoms with Crippen molar-refractivity contribution in [2.75, 3.05) is 5.32 Å². The molecule has 0 aromatic heterocycles. The SMILES string of the molecule is O=C(NN=Cc1c(OC(=O)c2ccc(Cl)cc2Cl)ccc2ccccc12)C(=O)Nc1cc(Cl)ccc1Cl. The van der Waals surface area contributed by atoms with E-state index >= 15 is 0 Å². The van der Waals surface area contributed by atoms with Crippen molar-refractivity contribution in [1.29, 1.82) is 0 Å². The minimum Gasteiger partial charge on any atom is -0.422 e. The van der Waals surface area contributed by atoms with E-state index in [1.165, 1.54) is 36.5 Å². The molecule has 0 aliphatic carbocycles. The Morgan fingerprint density at radius 2 is 1.51 bits per heavy atom. The first-order valence-corrected chi connectivity index (χ1v) is 12.0. The van der Waals surface area contributed by atoms with E-state index in [1.54, 1.807) is 30.3 Å². The third-order valence-electron chi connectivity index (χ3n) is 5.03. The number of carbonyl (C=O) groups excluding carboxylic acids is 3. The predicted molar refractivity (Wildman–Crippen MR) is 146 cm³/mol. The van der Waals surface area contributed by atoms with Crippen LogP contribution in [-0.4, -0.2) is 24.0 Å². The number of amides is 2. The van der Waals surface area contributed by atoms with Gasteiger partial charge in [-0.15, -0.1) is 0 Å². The minimum absolute atomic E-state index is 0.117. The topological polar surface area (TPSA) is 96.9 Å². The fraction of sp³-hybridized carbons (Fsp3) is 0. The summed E-state index contributed by atoms with van der Waals surface area (Å²) in [7, 11) is 0. The van der Waals surface area contributed by atoms with Gasteiger partial charge < -0.3 is 10.1 Å². The highest BCUT2D eigenvalue weighted by Crippen LogP contribution is 2.29. The molecule has 0 unspecified atom stereocenters. The Balaban J connectivity index is 1.56. The summed E-state index contributed by atoms with van der Waals surface area (Å²) in [6.45, 7) is 0. The van der Waals surface area contributed by atoms with E-state index in [4.69, 9.17) is 51.1 Å². The Morgan fingerprint density at radius 3 is 2.30 bits per heavy atom. The van der Waals surface area contributed by atoms with Crippen LogP contribution in [-0.2, 0) is 9.59 Å². The normalized spacial score (nSPS) is 10.9. The third kappa shape index (κ3) is 6.39. The number of anilines is 1. The Morgan fingerprint density at radius 1 is 0.784 bits per heavy atom. The van der Waals surface area contributed by atoms with Crippen LogP contribution < -0.4 is 15.5 Å². The van der Waals surface area contributed by atoms with Gasteiger partial charge in [0.2, 0.25) is 0 Å². The van der Waals surface area contributed by atoms with Crippen molar-refractivity contribution >= 4 is 86.9 Å². The number of esters is 1. The second kappa shape index (κ2) is 11.6. The van der Waals surface area contributed by atoms with E-state index in [2.05, 4.69) is 15.8 Å². The largest absolute Gasteiger partial charge is 0.422 e. The molecule has 0 saturated heterocycles. The van der Waals surface area contributed by atoms with Crippen molar-refractivity contribution in [3.8, 4) is 5.75 Å². The zero-order valence-corrected chi connectivity index (χ0v) is 21.6. The Bertz CT molecular complexity index is 1570. The standard InChI is InChI=1S/C26H15Cl4N3O4/c27-15-6-8-18(21(30)11-15)26(36)37-23-10-5-14-3-1-2-4-17(14)19(23)13-31-33-25(35)24(34)32-22-12-16(28)7-9-20(22)29/h1-13H,(H,32,34)(H,33,35). The Kier molecular flexibility index (Phi) is 8.31. The molecule has 0 spiro atoms. The van der Waals surface area contributed by atoms with Crippen molar-refractivity contribution in [2.45, 2.75) is 0 Å². The average Bonchev–Trinajstić information content (AvgIpc) is 2.87. The zero-order chi connectivity index (χ0) is 26.5. The van der Waals surface area contributed by atoms with Crippen LogP contribution in [0.5, 0.6) is 5.75 Å². The summed E-state index contributed by atoms with van der Waals surface area (Å²) >= 11 is 24.0. The molecule has 0 saturated carbocycles. The Hall–Kier alpha value is -3.62. The van der Waals surface area contributed by atoms with E-state index in [0.29, 0.717) is 21.0 Å². The molecule has 37 heavy (non-hydrogen) atoms. The summed E-state index contributed by atoms with van der Waals surface area (Å²) in [4.78, 5) is 37.3. The van der Waals surface area contributed by atoms with Gasteiger partial charge in [-0.1, -0.05) is 76.7 Å². The summed E-state index contributed by atoms with van der Waals surface area (Å²) in [6.07, 6.45) is 1.27. The number of rotatable bonds is 5. The lowest BCUT2D eigenvalue weighted by Gasteiger charge is -2.11. The molecule has 2 amide bonds. The molecule has 0 fully saturated rings. The molecule has 4 rings (SSSR count). The van der Waals surface area contributed by atoms with Gasteiger partial charge in [0.25, 0.3) is 0 Å². The van der Waals surface area contributed by atoms with Gasteiger partial charge in [-0.05, 0) is 53.2 Å². The lowest BCUT2D eigenvalue weighted by Crippen LogP contribution is -2.32. The number of hydrazone groups is 1. The molecule has 0 bridgehead atoms. The molecule has 186 valence electrons. The third-order valence-corrected chi connectivity index (χ3v) is 6.14. The lowest BCUT2D eigenvalue weighted by atomic mass is 10.0. The van der Waals surface area contributed by atoms with Gasteiger partial charge in [-0.25, -0.2) is 10.2 Å². The highest BCUT2D eigenvalue weighted by molar-refractivity contribution is 6.42. The fourth-order valence-corrected chi connectivity index (χ4v) is 4.11. The smallest absolute Gasteiger partial charge is 0.345 e. The molecule has 0 aliphatic rings. The van der Waals surface area contributed by atoms with E-state index < -0.39 is 17.8 Å². The quantitative estimate of drug-likeness (QED) is 0.0904. The first kappa shape index (κ1) is 26.4. The van der Waals surface area contributed by atoms with Gasteiger partial charge in [0.15, 0.2) is 0 Å². The van der Waals surface area contributed by atoms with Gasteiger partial charge in [-0.3, -0.25) is 9.59 Å². The van der Waals surface area contributed by atoms with Crippen molar-refractivity contribution in [2.24, 2.45) is 5.10 Å². The van der Waals surface area contributed by atoms with Gasteiger partial charge in [0.05, 0.1) is 27.5 Å². The second-order valence-corrected chi connectivity index (χ2v) is 9.18. The van der Waals surface area contributed by atoms with Crippen LogP contribution in [0.2, 0.25) is 20.1 Å². The summed E-state index contributed by atoms with van der Waals surface area (Å²) in [5.74, 6) is -2.63. The molecule has 0 aliphatic heterocycles. The van der Waals surface area contributed by atoms with Gasteiger partial charge in [0.1, 0.15) is 5.75 Å². The van der Waals surface area contributed by atoms with Crippen LogP contribution in [0, 0.1) is 0 Å². The summed E-state index contributed by atoms with van der Waals surface area (Å²) in [5, 5.41) is 8.80. The first-order chi connectivity index (χ1) is 17.7. The van der Waals surface area contributed by atoms with Crippen molar-refractivity contribution in [1.82, 2.24) is 5.43 Å². The number of hydrogen-bond donors (Lipinski definition) is 2. The molecular weight excluding hydrogens is 560 g/mol. The van der Waals surface area contributed by atoms with E-state index in [-0.39, 0.29) is 27.0 Å². The van der Waals surface area contributed by atoms with Crippen molar-refractivity contribution in [3.05, 3.63) is 104 Å². The predicted octanol–water partition coefficient (Wildman–Crippen LogP) is 6.76. The molecule has 4 aromatic rings. The van der Waals surface area contributed by atoms with Crippen molar-refractivity contribution in [3.63, 3.8) is 0 Å². The molecule has 7 nitrogen and oxygen atoms in total. The van der Waals surface area contributed by atoms with Gasteiger partial charge in [-0.2, -0.15) is 5.10 Å². The highest BCUT2D eigenvalue weighted by Gasteiger charge is 2.18. The number of ether oxygens (including phenoxy) is 1. The van der Waals surface area contributed by atoms with Gasteiger partial charge in [0, 0.05) is 15.6 Å². The van der Waals surface area contributed by atoms with Crippen LogP contribution >= 0.6 is 46.4 Å². The summed E-state index contributed by atoms with van der Waals surface area (Å²) < 4.78 is 5.59. The minimum atomic E-state index is -1.06. The first-order valence-electron chi connectivity index (χ1n) is 10.5. The average molecular weight is 575 g/mol. The van der Waals surface area contributed by atoms with Crippen LogP contribution in [0.25, 0.3) is 10.8 Å². The fourth-order valence-electron chi connectivity index (χ4n) is 3.29. The summed E-state index contributed by atoms with van der Waals surface area (Å²) in [5.41, 5.74) is 2.81. The van der Waals surface area contributed by atoms with Crippen LogP contribution in [0.3, 0.4) is 0 Å². The van der Waals surface area contributed by atoms with E-state index in [0.717, 1.165) is 5.39 Å². The second-order valence-electron chi connectivity index (χ2n) is 7.49. The Labute approximate surface area is 230 Å². The molecule has 11 heteroatoms. The number of halogens is 4. The highest BCUT2D eigenvalue weighted by atomic mass is 35.5. The maximum Gasteiger partial charge on any atom is 0.345 e. The maximum atomic E-state index is 12.8. The number of benzene rings is 4. The van der Waals surface area contributed by atoms with Gasteiger partial charge >= 0.3 is 17.8 Å². The van der Waals surface area contributed by atoms with E-state index in [1.807, 2.05) is 12.1 Å². The number of hydrogen-bond acceptors (Lipinski definition) is 5. The molecular formula is C26H15Cl4N3O4. The number of nitrogens with zero attached hydrogens (tertiary/aromatic N) is 1. The molecule has 4 aromatic carbocycles. The number of fused-ring (bicyclic) bond motifs is 1. The molecule has 2 N–H and O–H groups in total. The van der Waals surface area contributed by atoms with E-state index in [9.17, 15) is 14.4 Å². The van der Waals surface area contributed by atoms with Crippen LogP contribution in [0.1, 0.15) is 15.9 Å². The number of nitrogens with one attached hydrogen (secondary N) is 2. The molecule has 0 radical (unpaired) electrons. The monoisotopic (exact) mass is 573 g/mol. The van der Waals surface area contributed by atoms with Crippen LogP contribution in [0.4, 0.5) is 5.69 Å².